The number of rotatable bonds is 4. The molecule has 0 radical (unpaired) electrons. The van der Waals surface area contributed by atoms with Crippen LogP contribution < -0.4 is 14.4 Å². The van der Waals surface area contributed by atoms with Gasteiger partial charge in [-0.15, -0.1) is 0 Å². The maximum absolute atomic E-state index is 13.0. The van der Waals surface area contributed by atoms with Gasteiger partial charge in [0.25, 0.3) is 0 Å². The lowest BCUT2D eigenvalue weighted by Gasteiger charge is -2.23. The Hall–Kier alpha value is -2.25. The second kappa shape index (κ2) is 5.37. The summed E-state index contributed by atoms with van der Waals surface area (Å²) in [6.07, 6.45) is 2.97. The molecular formula is C17H16ClNO6. The molecule has 2 saturated heterocycles. The Balaban J connectivity index is 1.77. The van der Waals surface area contributed by atoms with Gasteiger partial charge in [0.1, 0.15) is 23.0 Å². The predicted octanol–water partition coefficient (Wildman–Crippen LogP) is 1.73. The van der Waals surface area contributed by atoms with E-state index in [4.69, 9.17) is 25.8 Å². The van der Waals surface area contributed by atoms with Crippen LogP contribution in [0.3, 0.4) is 0 Å². The third-order valence-corrected chi connectivity index (χ3v) is 5.42. The summed E-state index contributed by atoms with van der Waals surface area (Å²) >= 11 is 6.20. The van der Waals surface area contributed by atoms with Crippen LogP contribution in [0.4, 0.5) is 5.69 Å². The molecule has 0 aromatic heterocycles. The van der Waals surface area contributed by atoms with Crippen molar-refractivity contribution >= 4 is 29.2 Å². The molecular weight excluding hydrogens is 350 g/mol. The molecule has 0 aliphatic carbocycles. The number of fused-ring (bicyclic) bond motifs is 1. The van der Waals surface area contributed by atoms with Gasteiger partial charge < -0.3 is 24.2 Å². The Labute approximate surface area is 148 Å². The number of methoxy groups -OCH3 is 2. The molecule has 2 fully saturated rings. The van der Waals surface area contributed by atoms with Gasteiger partial charge in [-0.05, 0) is 6.07 Å². The number of hydrogen-bond acceptors (Lipinski definition) is 5. The number of benzene rings is 1. The van der Waals surface area contributed by atoms with Gasteiger partial charge in [0, 0.05) is 6.07 Å². The number of anilines is 1. The summed E-state index contributed by atoms with van der Waals surface area (Å²) in [7, 11) is 2.97. The minimum Gasteiger partial charge on any atom is -0.495 e. The number of carboxylic acids is 1. The van der Waals surface area contributed by atoms with Crippen molar-refractivity contribution in [1.29, 1.82) is 0 Å². The number of amides is 1. The van der Waals surface area contributed by atoms with E-state index in [9.17, 15) is 14.7 Å². The molecule has 2 bridgehead atoms. The predicted molar refractivity (Wildman–Crippen MR) is 88.3 cm³/mol. The summed E-state index contributed by atoms with van der Waals surface area (Å²) in [4.78, 5) is 26.2. The Bertz CT molecular complexity index is 809. The number of carbonyl (C=O) groups is 2. The van der Waals surface area contributed by atoms with Gasteiger partial charge in [-0.25, -0.2) is 0 Å². The van der Waals surface area contributed by atoms with E-state index in [1.165, 1.54) is 19.1 Å². The number of nitrogens with zero attached hydrogens (tertiary/aromatic N) is 1. The van der Waals surface area contributed by atoms with Crippen LogP contribution in [0.25, 0.3) is 0 Å². The molecule has 1 aromatic rings. The monoisotopic (exact) mass is 365 g/mol. The molecule has 132 valence electrons. The highest BCUT2D eigenvalue weighted by atomic mass is 35.5. The number of halogens is 1. The van der Waals surface area contributed by atoms with Crippen LogP contribution in [0.15, 0.2) is 24.3 Å². The Morgan fingerprint density at radius 3 is 2.72 bits per heavy atom. The largest absolute Gasteiger partial charge is 0.495 e. The van der Waals surface area contributed by atoms with Crippen molar-refractivity contribution in [2.45, 2.75) is 11.7 Å². The van der Waals surface area contributed by atoms with Crippen LogP contribution in [-0.2, 0) is 14.3 Å². The van der Waals surface area contributed by atoms with Crippen molar-refractivity contribution in [2.24, 2.45) is 11.8 Å². The summed E-state index contributed by atoms with van der Waals surface area (Å²) in [6, 6.07) is 3.18. The number of hydrogen-bond donors (Lipinski definition) is 1. The number of aliphatic carboxylic acids is 1. The van der Waals surface area contributed by atoms with E-state index >= 15 is 0 Å². The van der Waals surface area contributed by atoms with E-state index in [0.29, 0.717) is 22.2 Å². The van der Waals surface area contributed by atoms with E-state index in [0.717, 1.165) is 0 Å². The molecule has 8 heteroatoms. The molecule has 0 saturated carbocycles. The highest BCUT2D eigenvalue weighted by molar-refractivity contribution is 6.32. The van der Waals surface area contributed by atoms with E-state index in [1.54, 1.807) is 24.3 Å². The zero-order chi connectivity index (χ0) is 17.9. The first kappa shape index (κ1) is 16.2. The zero-order valence-corrected chi connectivity index (χ0v) is 14.3. The summed E-state index contributed by atoms with van der Waals surface area (Å²) in [5.41, 5.74) is -0.450. The first-order valence-corrected chi connectivity index (χ1v) is 8.12. The van der Waals surface area contributed by atoms with Crippen LogP contribution in [0, 0.1) is 11.8 Å². The average Bonchev–Trinajstić information content (AvgIpc) is 3.22. The Kier molecular flexibility index (Phi) is 3.49. The molecule has 1 amide bonds. The minimum atomic E-state index is -1.03. The van der Waals surface area contributed by atoms with Crippen molar-refractivity contribution in [3.8, 4) is 11.5 Å². The SMILES string of the molecule is COc1cc(OC)c(N2C[C@]34C=C[C@H](O3)[C@H](C(=O)O)[C@@H]4C2=O)cc1Cl. The van der Waals surface area contributed by atoms with E-state index in [1.807, 2.05) is 0 Å². The molecule has 25 heavy (non-hydrogen) atoms. The molecule has 0 unspecified atom stereocenters. The van der Waals surface area contributed by atoms with Gasteiger partial charge in [-0.2, -0.15) is 0 Å². The molecule has 1 N–H and O–H groups in total. The summed E-state index contributed by atoms with van der Waals surface area (Å²) < 4.78 is 16.4. The summed E-state index contributed by atoms with van der Waals surface area (Å²) in [6.45, 7) is 0.215. The molecule has 3 heterocycles. The zero-order valence-electron chi connectivity index (χ0n) is 13.6. The molecule has 3 aliphatic rings. The molecule has 1 aromatic carbocycles. The molecule has 3 aliphatic heterocycles. The van der Waals surface area contributed by atoms with Crippen molar-refractivity contribution in [1.82, 2.24) is 0 Å². The topological polar surface area (TPSA) is 85.3 Å². The quantitative estimate of drug-likeness (QED) is 0.818. The van der Waals surface area contributed by atoms with Crippen LogP contribution in [-0.4, -0.2) is 49.5 Å². The highest BCUT2D eigenvalue weighted by Gasteiger charge is 2.67. The van der Waals surface area contributed by atoms with Crippen molar-refractivity contribution < 1.29 is 28.9 Å². The molecule has 1 spiro atoms. The van der Waals surface area contributed by atoms with Crippen molar-refractivity contribution in [3.63, 3.8) is 0 Å². The maximum atomic E-state index is 13.0. The van der Waals surface area contributed by atoms with Crippen LogP contribution in [0.1, 0.15) is 0 Å². The van der Waals surface area contributed by atoms with Crippen LogP contribution in [0.5, 0.6) is 11.5 Å². The molecule has 4 atom stereocenters. The lowest BCUT2D eigenvalue weighted by molar-refractivity contribution is -0.146. The maximum Gasteiger partial charge on any atom is 0.310 e. The minimum absolute atomic E-state index is 0.215. The molecule has 7 nitrogen and oxygen atoms in total. The first-order valence-electron chi connectivity index (χ1n) is 7.75. The van der Waals surface area contributed by atoms with Gasteiger partial charge in [-0.3, -0.25) is 9.59 Å². The van der Waals surface area contributed by atoms with E-state index in [2.05, 4.69) is 0 Å². The summed E-state index contributed by atoms with van der Waals surface area (Å²) in [5.74, 6) is -2.15. The number of carbonyl (C=O) groups excluding carboxylic acids is 1. The highest BCUT2D eigenvalue weighted by Crippen LogP contribution is 2.54. The van der Waals surface area contributed by atoms with Crippen molar-refractivity contribution in [3.05, 3.63) is 29.3 Å². The second-order valence-corrected chi connectivity index (χ2v) is 6.73. The van der Waals surface area contributed by atoms with E-state index in [-0.39, 0.29) is 12.5 Å². The van der Waals surface area contributed by atoms with Crippen LogP contribution in [0.2, 0.25) is 5.02 Å². The van der Waals surface area contributed by atoms with Gasteiger partial charge in [0.05, 0.1) is 43.5 Å². The summed E-state index contributed by atoms with van der Waals surface area (Å²) in [5, 5.41) is 9.85. The normalized spacial score (nSPS) is 32.2. The standard InChI is InChI=1S/C17H16ClNO6/c1-23-11-6-12(24-2)9(5-8(11)18)19-7-17-4-3-10(25-17)13(16(21)22)14(17)15(19)20/h3-6,10,13-14H,7H2,1-2H3,(H,21,22)/t10-,13-,14+,17-/m0/s1. The lowest BCUT2D eigenvalue weighted by atomic mass is 9.77. The fourth-order valence-electron chi connectivity index (χ4n) is 4.04. The lowest BCUT2D eigenvalue weighted by Crippen LogP contribution is -2.39. The fourth-order valence-corrected chi connectivity index (χ4v) is 4.27. The third kappa shape index (κ3) is 2.09. The van der Waals surface area contributed by atoms with E-state index < -0.39 is 29.5 Å². The Morgan fingerprint density at radius 2 is 2.08 bits per heavy atom. The Morgan fingerprint density at radius 1 is 1.36 bits per heavy atom. The van der Waals surface area contributed by atoms with Gasteiger partial charge in [0.15, 0.2) is 0 Å². The van der Waals surface area contributed by atoms with Crippen molar-refractivity contribution in [2.75, 3.05) is 25.7 Å². The fraction of sp³-hybridized carbons (Fsp3) is 0.412. The average molecular weight is 366 g/mol. The van der Waals surface area contributed by atoms with Gasteiger partial charge in [-0.1, -0.05) is 23.8 Å². The third-order valence-electron chi connectivity index (χ3n) is 5.13. The number of ether oxygens (including phenoxy) is 3. The van der Waals surface area contributed by atoms with Gasteiger partial charge in [0.2, 0.25) is 5.91 Å². The number of carboxylic acid groups (broad SMARTS) is 1. The first-order chi connectivity index (χ1) is 11.9. The van der Waals surface area contributed by atoms with Gasteiger partial charge >= 0.3 is 5.97 Å². The molecule has 4 rings (SSSR count). The smallest absolute Gasteiger partial charge is 0.310 e. The van der Waals surface area contributed by atoms with Crippen LogP contribution >= 0.6 is 11.6 Å². The second-order valence-electron chi connectivity index (χ2n) is 6.32.